The number of aromatic nitrogens is 3. The summed E-state index contributed by atoms with van der Waals surface area (Å²) in [6.07, 6.45) is 7.60. The fraction of sp³-hybridized carbons (Fsp3) is 0.462. The van der Waals surface area contributed by atoms with Gasteiger partial charge in [-0.05, 0) is 55.9 Å². The van der Waals surface area contributed by atoms with Gasteiger partial charge >= 0.3 is 5.97 Å². The van der Waals surface area contributed by atoms with Crippen LogP contribution in [0.2, 0.25) is 10.0 Å². The second-order valence-corrected chi connectivity index (χ2v) is 11.8. The number of hydrogen-bond acceptors (Lipinski definition) is 8. The second-order valence-electron chi connectivity index (χ2n) is 8.94. The van der Waals surface area contributed by atoms with Gasteiger partial charge in [0.05, 0.1) is 30.1 Å². The number of ether oxygens (including phenoxy) is 2. The maximum absolute atomic E-state index is 12.8. The molecule has 204 valence electrons. The number of thioether (sulfide) groups is 1. The Balaban J connectivity index is 1.31. The molecule has 0 radical (unpaired) electrons. The number of aryl methyl sites for hydroxylation is 2. The molecule has 1 aliphatic carbocycles. The van der Waals surface area contributed by atoms with Crippen LogP contribution < -0.4 is 10.1 Å². The molecule has 0 fully saturated rings. The largest absolute Gasteiger partial charge is 0.492 e. The molecule has 3 aromatic rings. The molecule has 4 rings (SSSR count). The molecule has 0 unspecified atom stereocenters. The Morgan fingerprint density at radius 3 is 2.71 bits per heavy atom. The van der Waals surface area contributed by atoms with E-state index in [0.717, 1.165) is 49.9 Å². The number of carbonyl (C=O) groups is 2. The van der Waals surface area contributed by atoms with Gasteiger partial charge in [-0.1, -0.05) is 47.8 Å². The quantitative estimate of drug-likeness (QED) is 0.165. The summed E-state index contributed by atoms with van der Waals surface area (Å²) in [5, 5.41) is 13.7. The third kappa shape index (κ3) is 7.22. The number of anilines is 1. The summed E-state index contributed by atoms with van der Waals surface area (Å²) in [6.45, 7) is 0.465. The molecular formula is C26H30Cl2N4O4S2. The molecule has 1 amide bonds. The Bertz CT molecular complexity index is 1290. The highest BCUT2D eigenvalue weighted by Gasteiger charge is 2.26. The van der Waals surface area contributed by atoms with Crippen LogP contribution in [-0.4, -0.2) is 46.1 Å². The molecule has 0 spiro atoms. The Kier molecular flexibility index (Phi) is 10.3. The van der Waals surface area contributed by atoms with E-state index >= 15 is 0 Å². The maximum Gasteiger partial charge on any atom is 0.341 e. The minimum Gasteiger partial charge on any atom is -0.492 e. The van der Waals surface area contributed by atoms with Gasteiger partial charge in [0, 0.05) is 23.4 Å². The van der Waals surface area contributed by atoms with E-state index in [1.165, 1.54) is 41.5 Å². The summed E-state index contributed by atoms with van der Waals surface area (Å²) < 4.78 is 12.7. The number of esters is 1. The lowest BCUT2D eigenvalue weighted by molar-refractivity contribution is -0.113. The van der Waals surface area contributed by atoms with Gasteiger partial charge in [0.2, 0.25) is 5.91 Å². The third-order valence-corrected chi connectivity index (χ3v) is 9.03. The monoisotopic (exact) mass is 596 g/mol. The van der Waals surface area contributed by atoms with E-state index < -0.39 is 5.97 Å². The lowest BCUT2D eigenvalue weighted by Gasteiger charge is -2.11. The summed E-state index contributed by atoms with van der Waals surface area (Å²) in [6, 6.07) is 5.12. The predicted molar refractivity (Wildman–Crippen MR) is 152 cm³/mol. The second kappa shape index (κ2) is 13.7. The topological polar surface area (TPSA) is 95.3 Å². The molecule has 0 saturated carbocycles. The smallest absolute Gasteiger partial charge is 0.341 e. The average molecular weight is 598 g/mol. The fourth-order valence-electron chi connectivity index (χ4n) is 4.31. The molecule has 1 aromatic carbocycles. The minimum atomic E-state index is -0.397. The molecule has 38 heavy (non-hydrogen) atoms. The number of amides is 1. The summed E-state index contributed by atoms with van der Waals surface area (Å²) in [4.78, 5) is 26.6. The van der Waals surface area contributed by atoms with Gasteiger partial charge in [0.15, 0.2) is 5.16 Å². The first-order chi connectivity index (χ1) is 18.4. The van der Waals surface area contributed by atoms with Gasteiger partial charge < -0.3 is 19.4 Å². The number of benzene rings is 1. The van der Waals surface area contributed by atoms with Crippen molar-refractivity contribution in [1.29, 1.82) is 0 Å². The number of thiophene rings is 1. The fourth-order valence-corrected chi connectivity index (χ4v) is 6.80. The lowest BCUT2D eigenvalue weighted by Crippen LogP contribution is -2.16. The van der Waals surface area contributed by atoms with E-state index in [0.29, 0.717) is 44.5 Å². The molecule has 2 heterocycles. The highest BCUT2D eigenvalue weighted by Crippen LogP contribution is 2.37. The van der Waals surface area contributed by atoms with Crippen LogP contribution in [0.3, 0.4) is 0 Å². The first-order valence-corrected chi connectivity index (χ1v) is 15.0. The number of fused-ring (bicyclic) bond motifs is 1. The van der Waals surface area contributed by atoms with Crippen LogP contribution in [0.15, 0.2) is 23.4 Å². The predicted octanol–water partition coefficient (Wildman–Crippen LogP) is 6.37. The van der Waals surface area contributed by atoms with Crippen molar-refractivity contribution < 1.29 is 19.1 Å². The number of hydrogen-bond donors (Lipinski definition) is 1. The first-order valence-electron chi connectivity index (χ1n) is 12.5. The third-order valence-electron chi connectivity index (χ3n) is 6.27. The number of nitrogens with zero attached hydrogens (tertiary/aromatic N) is 3. The van der Waals surface area contributed by atoms with Crippen LogP contribution in [0.1, 0.15) is 58.7 Å². The molecule has 0 bridgehead atoms. The molecule has 8 nitrogen and oxygen atoms in total. The van der Waals surface area contributed by atoms with Crippen molar-refractivity contribution in [2.75, 3.05) is 24.8 Å². The van der Waals surface area contributed by atoms with E-state index in [1.54, 1.807) is 18.2 Å². The molecule has 2 aromatic heterocycles. The number of carbonyl (C=O) groups excluding carboxylic acids is 2. The van der Waals surface area contributed by atoms with Gasteiger partial charge in [0.25, 0.3) is 0 Å². The lowest BCUT2D eigenvalue weighted by atomic mass is 9.96. The van der Waals surface area contributed by atoms with Crippen molar-refractivity contribution in [3.8, 4) is 5.75 Å². The summed E-state index contributed by atoms with van der Waals surface area (Å²) in [7, 11) is 3.25. The van der Waals surface area contributed by atoms with Crippen molar-refractivity contribution in [3.05, 3.63) is 50.1 Å². The van der Waals surface area contributed by atoms with Crippen LogP contribution >= 0.6 is 46.3 Å². The van der Waals surface area contributed by atoms with Crippen molar-refractivity contribution in [3.63, 3.8) is 0 Å². The van der Waals surface area contributed by atoms with Crippen molar-refractivity contribution in [2.45, 2.75) is 56.5 Å². The highest BCUT2D eigenvalue weighted by atomic mass is 35.5. The molecule has 12 heteroatoms. The van der Waals surface area contributed by atoms with E-state index in [2.05, 4.69) is 15.5 Å². The van der Waals surface area contributed by atoms with Crippen molar-refractivity contribution in [2.24, 2.45) is 7.05 Å². The zero-order chi connectivity index (χ0) is 27.1. The standard InChI is InChI=1S/C26H30Cl2N4O4S2/c1-32-21(10-7-13-36-19-12-11-16(27)14-18(19)28)30-31-26(32)37-15-22(33)29-24-23(25(34)35-2)17-8-5-3-4-6-9-20(17)38-24/h11-12,14H,3-10,13,15H2,1-2H3,(H,29,33). The average Bonchev–Trinajstić information content (AvgIpc) is 3.39. The first kappa shape index (κ1) is 28.7. The van der Waals surface area contributed by atoms with Crippen LogP contribution in [0.5, 0.6) is 5.75 Å². The zero-order valence-corrected chi connectivity index (χ0v) is 24.5. The van der Waals surface area contributed by atoms with Crippen molar-refractivity contribution in [1.82, 2.24) is 14.8 Å². The Hall–Kier alpha value is -2.27. The maximum atomic E-state index is 12.8. The van der Waals surface area contributed by atoms with Gasteiger partial charge in [-0.3, -0.25) is 4.79 Å². The summed E-state index contributed by atoms with van der Waals surface area (Å²) >= 11 is 14.9. The van der Waals surface area contributed by atoms with Crippen molar-refractivity contribution >= 4 is 63.2 Å². The summed E-state index contributed by atoms with van der Waals surface area (Å²) in [5.41, 5.74) is 1.54. The molecule has 1 aliphatic rings. The normalized spacial score (nSPS) is 13.4. The van der Waals surface area contributed by atoms with E-state index in [4.69, 9.17) is 32.7 Å². The SMILES string of the molecule is COC(=O)c1c(NC(=O)CSc2nnc(CCCOc3ccc(Cl)cc3Cl)n2C)sc2c1CCCCCC2. The number of halogens is 2. The van der Waals surface area contributed by atoms with Gasteiger partial charge in [-0.2, -0.15) is 0 Å². The van der Waals surface area contributed by atoms with Gasteiger partial charge in [-0.25, -0.2) is 4.79 Å². The van der Waals surface area contributed by atoms with Crippen LogP contribution in [0.25, 0.3) is 0 Å². The number of methoxy groups -OCH3 is 1. The Labute approximate surface area is 240 Å². The van der Waals surface area contributed by atoms with E-state index in [9.17, 15) is 9.59 Å². The van der Waals surface area contributed by atoms with Gasteiger partial charge in [-0.15, -0.1) is 21.5 Å². The van der Waals surface area contributed by atoms with E-state index in [-0.39, 0.29) is 11.7 Å². The molecule has 0 atom stereocenters. The minimum absolute atomic E-state index is 0.146. The number of nitrogens with one attached hydrogen (secondary N) is 1. The van der Waals surface area contributed by atoms with E-state index in [1.807, 2.05) is 11.6 Å². The zero-order valence-electron chi connectivity index (χ0n) is 21.4. The molecule has 1 N–H and O–H groups in total. The highest BCUT2D eigenvalue weighted by molar-refractivity contribution is 7.99. The molecule has 0 aliphatic heterocycles. The molecule has 0 saturated heterocycles. The Morgan fingerprint density at radius 1 is 1.16 bits per heavy atom. The molecular weight excluding hydrogens is 567 g/mol. The van der Waals surface area contributed by atoms with Crippen LogP contribution in [0, 0.1) is 0 Å². The number of rotatable bonds is 10. The van der Waals surface area contributed by atoms with Crippen LogP contribution in [0.4, 0.5) is 5.00 Å². The Morgan fingerprint density at radius 2 is 1.95 bits per heavy atom. The van der Waals surface area contributed by atoms with Crippen LogP contribution in [-0.2, 0) is 35.8 Å². The summed E-state index contributed by atoms with van der Waals surface area (Å²) in [5.74, 6) is 0.931. The van der Waals surface area contributed by atoms with Gasteiger partial charge in [0.1, 0.15) is 16.6 Å².